The van der Waals surface area contributed by atoms with E-state index in [0.29, 0.717) is 5.69 Å². The molecule has 3 rings (SSSR count). The van der Waals surface area contributed by atoms with Gasteiger partial charge in [0.15, 0.2) is 0 Å². The van der Waals surface area contributed by atoms with E-state index in [9.17, 15) is 17.6 Å². The summed E-state index contributed by atoms with van der Waals surface area (Å²) in [5, 5.41) is 3.84. The number of aromatic nitrogens is 1. The lowest BCUT2D eigenvalue weighted by molar-refractivity contribution is -0.325. The molecule has 0 bridgehead atoms. The van der Waals surface area contributed by atoms with E-state index in [1.807, 2.05) is 25.1 Å². The second kappa shape index (κ2) is 7.79. The van der Waals surface area contributed by atoms with Crippen LogP contribution in [0.15, 0.2) is 48.7 Å². The number of pyridine rings is 1. The first-order valence-electron chi connectivity index (χ1n) is 8.07. The maximum atomic E-state index is 14.3. The highest BCUT2D eigenvalue weighted by Gasteiger charge is 2.28. The maximum absolute atomic E-state index is 14.3. The van der Waals surface area contributed by atoms with Crippen molar-refractivity contribution in [1.29, 1.82) is 0 Å². The van der Waals surface area contributed by atoms with Crippen LogP contribution in [0.3, 0.4) is 0 Å². The third kappa shape index (κ3) is 5.07. The summed E-state index contributed by atoms with van der Waals surface area (Å²) in [7, 11) is 0. The molecule has 0 spiro atoms. The summed E-state index contributed by atoms with van der Waals surface area (Å²) in [6, 6.07) is 11.5. The number of alkyl halides is 3. The van der Waals surface area contributed by atoms with Crippen LogP contribution in [-0.4, -0.2) is 24.6 Å². The van der Waals surface area contributed by atoms with Crippen molar-refractivity contribution in [2.45, 2.75) is 13.3 Å². The highest BCUT2D eigenvalue weighted by molar-refractivity contribution is 5.93. The summed E-state index contributed by atoms with van der Waals surface area (Å²) in [5.41, 5.74) is 2.74. The lowest BCUT2D eigenvalue weighted by atomic mass is 10.1. The Morgan fingerprint density at radius 3 is 2.56 bits per heavy atom. The van der Waals surface area contributed by atoms with Crippen LogP contribution < -0.4 is 10.1 Å². The summed E-state index contributed by atoms with van der Waals surface area (Å²) < 4.78 is 58.7. The number of aryl methyl sites for hydroxylation is 1. The lowest BCUT2D eigenvalue weighted by Crippen LogP contribution is -2.18. The number of halogens is 4. The Labute approximate surface area is 152 Å². The number of fused-ring (bicyclic) bond motifs is 1. The van der Waals surface area contributed by atoms with Gasteiger partial charge in [-0.25, -0.2) is 4.39 Å². The largest absolute Gasteiger partial charge is 0.522 e. The molecule has 0 aliphatic rings. The Balaban J connectivity index is 1.70. The van der Waals surface area contributed by atoms with Crippen molar-refractivity contribution in [2.24, 2.45) is 0 Å². The molecule has 0 saturated heterocycles. The Kier molecular flexibility index (Phi) is 5.46. The molecule has 1 heterocycles. The summed E-state index contributed by atoms with van der Waals surface area (Å²) in [4.78, 5) is 4.29. The standard InChI is InChI=1S/C19H16F4N2O2/c1-12-2-4-14-16(6-7-24-18(14)10-12)25-17-5-3-13(11-15(17)20)26-8-9-27-19(21,22)23/h2-7,10-11H,8-9H2,1H3,(H,24,25). The summed E-state index contributed by atoms with van der Waals surface area (Å²) in [6.45, 7) is 0.937. The predicted octanol–water partition coefficient (Wildman–Crippen LogP) is 5.34. The molecule has 142 valence electrons. The molecule has 0 unspecified atom stereocenters. The van der Waals surface area contributed by atoms with Gasteiger partial charge in [-0.15, -0.1) is 13.2 Å². The van der Waals surface area contributed by atoms with E-state index in [4.69, 9.17) is 4.74 Å². The van der Waals surface area contributed by atoms with Crippen LogP contribution >= 0.6 is 0 Å². The van der Waals surface area contributed by atoms with Gasteiger partial charge in [-0.2, -0.15) is 0 Å². The van der Waals surface area contributed by atoms with Gasteiger partial charge in [0.05, 0.1) is 17.8 Å². The minimum Gasteiger partial charge on any atom is -0.491 e. The molecule has 8 heteroatoms. The molecule has 0 fully saturated rings. The minimum atomic E-state index is -4.71. The van der Waals surface area contributed by atoms with Gasteiger partial charge in [0.2, 0.25) is 0 Å². The molecule has 0 aliphatic carbocycles. The van der Waals surface area contributed by atoms with Gasteiger partial charge in [0.1, 0.15) is 18.2 Å². The molecular formula is C19H16F4N2O2. The van der Waals surface area contributed by atoms with Crippen molar-refractivity contribution in [2.75, 3.05) is 18.5 Å². The van der Waals surface area contributed by atoms with Crippen LogP contribution in [0.2, 0.25) is 0 Å². The smallest absolute Gasteiger partial charge is 0.491 e. The first kappa shape index (κ1) is 18.9. The third-order valence-corrected chi connectivity index (χ3v) is 3.73. The zero-order chi connectivity index (χ0) is 19.4. The Morgan fingerprint density at radius 2 is 1.81 bits per heavy atom. The molecule has 0 saturated carbocycles. The molecule has 1 N–H and O–H groups in total. The van der Waals surface area contributed by atoms with Gasteiger partial charge < -0.3 is 10.1 Å². The highest BCUT2D eigenvalue weighted by atomic mass is 19.4. The number of benzene rings is 2. The van der Waals surface area contributed by atoms with Crippen LogP contribution in [-0.2, 0) is 4.74 Å². The maximum Gasteiger partial charge on any atom is 0.522 e. The van der Waals surface area contributed by atoms with Crippen LogP contribution in [0.25, 0.3) is 10.9 Å². The molecule has 0 radical (unpaired) electrons. The summed E-state index contributed by atoms with van der Waals surface area (Å²) in [6.07, 6.45) is -3.09. The van der Waals surface area contributed by atoms with Crippen LogP contribution in [0.1, 0.15) is 5.56 Å². The van der Waals surface area contributed by atoms with Crippen molar-refractivity contribution in [1.82, 2.24) is 4.98 Å². The normalized spacial score (nSPS) is 11.6. The average molecular weight is 380 g/mol. The molecule has 2 aromatic carbocycles. The number of anilines is 2. The fourth-order valence-corrected chi connectivity index (χ4v) is 2.52. The number of nitrogens with one attached hydrogen (secondary N) is 1. The topological polar surface area (TPSA) is 43.4 Å². The quantitative estimate of drug-likeness (QED) is 0.463. The fraction of sp³-hybridized carbons (Fsp3) is 0.211. The van der Waals surface area contributed by atoms with E-state index < -0.39 is 18.8 Å². The van der Waals surface area contributed by atoms with Gasteiger partial charge in [0.25, 0.3) is 0 Å². The van der Waals surface area contributed by atoms with Crippen LogP contribution in [0.4, 0.5) is 28.9 Å². The minimum absolute atomic E-state index is 0.110. The Bertz CT molecular complexity index is 945. The van der Waals surface area contributed by atoms with Gasteiger partial charge >= 0.3 is 6.36 Å². The molecule has 27 heavy (non-hydrogen) atoms. The summed E-state index contributed by atoms with van der Waals surface area (Å²) in [5.74, 6) is -0.486. The first-order chi connectivity index (χ1) is 12.8. The van der Waals surface area contributed by atoms with Gasteiger partial charge in [0, 0.05) is 23.3 Å². The molecule has 3 aromatic rings. The molecule has 0 atom stereocenters. The second-order valence-electron chi connectivity index (χ2n) is 5.79. The second-order valence-corrected chi connectivity index (χ2v) is 5.79. The molecule has 0 aliphatic heterocycles. The van der Waals surface area contributed by atoms with E-state index in [1.165, 1.54) is 12.1 Å². The van der Waals surface area contributed by atoms with Gasteiger partial charge in [-0.1, -0.05) is 12.1 Å². The lowest BCUT2D eigenvalue weighted by Gasteiger charge is -2.12. The highest BCUT2D eigenvalue weighted by Crippen LogP contribution is 2.28. The van der Waals surface area contributed by atoms with Crippen molar-refractivity contribution < 1.29 is 27.0 Å². The SMILES string of the molecule is Cc1ccc2c(Nc3ccc(OCCOC(F)(F)F)cc3F)ccnc2c1. The first-order valence-corrected chi connectivity index (χ1v) is 8.07. The molecule has 0 amide bonds. The van der Waals surface area contributed by atoms with Crippen LogP contribution in [0.5, 0.6) is 5.75 Å². The zero-order valence-electron chi connectivity index (χ0n) is 14.3. The van der Waals surface area contributed by atoms with E-state index in [2.05, 4.69) is 15.0 Å². The Hall–Kier alpha value is -2.87. The van der Waals surface area contributed by atoms with E-state index in [0.717, 1.165) is 22.5 Å². The Morgan fingerprint density at radius 1 is 1.00 bits per heavy atom. The predicted molar refractivity (Wildman–Crippen MR) is 93.7 cm³/mol. The number of rotatable bonds is 6. The van der Waals surface area contributed by atoms with Crippen LogP contribution in [0, 0.1) is 12.7 Å². The van der Waals surface area contributed by atoms with Gasteiger partial charge in [-0.3, -0.25) is 9.72 Å². The van der Waals surface area contributed by atoms with Crippen molar-refractivity contribution in [3.8, 4) is 5.75 Å². The van der Waals surface area contributed by atoms with Gasteiger partial charge in [-0.05, 0) is 36.8 Å². The van der Waals surface area contributed by atoms with E-state index in [-0.39, 0.29) is 18.0 Å². The van der Waals surface area contributed by atoms with Crippen molar-refractivity contribution >= 4 is 22.3 Å². The number of nitrogens with zero attached hydrogens (tertiary/aromatic N) is 1. The third-order valence-electron chi connectivity index (χ3n) is 3.73. The van der Waals surface area contributed by atoms with E-state index in [1.54, 1.807) is 12.3 Å². The summed E-state index contributed by atoms with van der Waals surface area (Å²) >= 11 is 0. The number of hydrogen-bond donors (Lipinski definition) is 1. The zero-order valence-corrected chi connectivity index (χ0v) is 14.3. The van der Waals surface area contributed by atoms with Crippen molar-refractivity contribution in [3.05, 3.63) is 60.0 Å². The number of hydrogen-bond acceptors (Lipinski definition) is 4. The van der Waals surface area contributed by atoms with Crippen molar-refractivity contribution in [3.63, 3.8) is 0 Å². The molecule has 1 aromatic heterocycles. The number of ether oxygens (including phenoxy) is 2. The fourth-order valence-electron chi connectivity index (χ4n) is 2.52. The molecular weight excluding hydrogens is 364 g/mol. The monoisotopic (exact) mass is 380 g/mol. The molecule has 4 nitrogen and oxygen atoms in total. The average Bonchev–Trinajstić information content (AvgIpc) is 2.60. The van der Waals surface area contributed by atoms with E-state index >= 15 is 0 Å².